The molecule has 1 atom stereocenters. The summed E-state index contributed by atoms with van der Waals surface area (Å²) in [4.78, 5) is 0. The highest BCUT2D eigenvalue weighted by molar-refractivity contribution is 5.94. The molecule has 0 aromatic heterocycles. The van der Waals surface area contributed by atoms with Gasteiger partial charge in [-0.25, -0.2) is 0 Å². The van der Waals surface area contributed by atoms with Gasteiger partial charge in [0, 0.05) is 16.7 Å². The molecule has 0 bridgehead atoms. The zero-order valence-electron chi connectivity index (χ0n) is 16.7. The second kappa shape index (κ2) is 5.84. The summed E-state index contributed by atoms with van der Waals surface area (Å²) in [5, 5.41) is 2.52. The number of rotatable bonds is 1. The Kier molecular flexibility index (Phi) is 3.35. The van der Waals surface area contributed by atoms with Crippen LogP contribution in [0.2, 0.25) is 0 Å². The van der Waals surface area contributed by atoms with E-state index in [0.717, 1.165) is 12.2 Å². The highest BCUT2D eigenvalue weighted by atomic mass is 16.5. The van der Waals surface area contributed by atoms with Crippen molar-refractivity contribution in [3.05, 3.63) is 107 Å². The number of fused-ring (bicyclic) bond motifs is 7. The summed E-state index contributed by atoms with van der Waals surface area (Å²) in [7, 11) is 0. The van der Waals surface area contributed by atoms with Crippen molar-refractivity contribution < 1.29 is 4.74 Å². The van der Waals surface area contributed by atoms with Crippen molar-refractivity contribution in [3.8, 4) is 16.9 Å². The molecule has 1 aliphatic heterocycles. The van der Waals surface area contributed by atoms with Crippen molar-refractivity contribution in [3.63, 3.8) is 0 Å². The van der Waals surface area contributed by atoms with Crippen LogP contribution in [0.1, 0.15) is 36.1 Å². The SMILES string of the molecule is CCc1ccc2c(c1)C(C)=CC1(O2)c2ccccc2-c2cc3ccccc3cc21. The Morgan fingerprint density at radius 1 is 0.724 bits per heavy atom. The fraction of sp³-hybridized carbons (Fsp3) is 0.143. The Morgan fingerprint density at radius 3 is 2.31 bits per heavy atom. The monoisotopic (exact) mass is 374 g/mol. The average molecular weight is 374 g/mol. The molecule has 4 aromatic rings. The molecule has 1 spiro atoms. The van der Waals surface area contributed by atoms with E-state index in [1.165, 1.54) is 49.7 Å². The molecule has 1 heterocycles. The van der Waals surface area contributed by atoms with E-state index in [-0.39, 0.29) is 0 Å². The third-order valence-electron chi connectivity index (χ3n) is 6.47. The Balaban J connectivity index is 1.67. The molecule has 2 aliphatic rings. The van der Waals surface area contributed by atoms with Crippen molar-refractivity contribution in [1.29, 1.82) is 0 Å². The van der Waals surface area contributed by atoms with Crippen LogP contribution in [-0.2, 0) is 12.0 Å². The van der Waals surface area contributed by atoms with Gasteiger partial charge < -0.3 is 4.74 Å². The molecule has 6 rings (SSSR count). The smallest absolute Gasteiger partial charge is 0.179 e. The molecule has 1 unspecified atom stereocenters. The van der Waals surface area contributed by atoms with Crippen molar-refractivity contribution in [2.45, 2.75) is 25.9 Å². The van der Waals surface area contributed by atoms with Crippen molar-refractivity contribution >= 4 is 16.3 Å². The molecule has 1 heteroatoms. The predicted octanol–water partition coefficient (Wildman–Crippen LogP) is 7.12. The van der Waals surface area contributed by atoms with Gasteiger partial charge in [0.1, 0.15) is 5.75 Å². The molecular formula is C28H22O. The highest BCUT2D eigenvalue weighted by Crippen LogP contribution is 2.55. The van der Waals surface area contributed by atoms with Gasteiger partial charge in [-0.15, -0.1) is 0 Å². The first kappa shape index (κ1) is 16.6. The maximum atomic E-state index is 6.88. The lowest BCUT2D eigenvalue weighted by molar-refractivity contribution is 0.165. The first-order valence-corrected chi connectivity index (χ1v) is 10.3. The molecule has 0 saturated carbocycles. The third kappa shape index (κ3) is 2.22. The largest absolute Gasteiger partial charge is 0.473 e. The van der Waals surface area contributed by atoms with Crippen LogP contribution in [0.4, 0.5) is 0 Å². The molecule has 0 amide bonds. The van der Waals surface area contributed by atoms with Crippen LogP contribution in [0.3, 0.4) is 0 Å². The van der Waals surface area contributed by atoms with Gasteiger partial charge in [0.15, 0.2) is 5.60 Å². The summed E-state index contributed by atoms with van der Waals surface area (Å²) in [6, 6.07) is 28.5. The number of aryl methyl sites for hydroxylation is 1. The second-order valence-electron chi connectivity index (χ2n) is 8.14. The molecule has 1 aliphatic carbocycles. The van der Waals surface area contributed by atoms with Gasteiger partial charge in [-0.05, 0) is 76.7 Å². The normalized spacial score (nSPS) is 18.8. The molecule has 1 nitrogen and oxygen atoms in total. The summed E-state index contributed by atoms with van der Waals surface area (Å²) in [6.07, 6.45) is 3.36. The maximum absolute atomic E-state index is 6.88. The van der Waals surface area contributed by atoms with Gasteiger partial charge in [0.2, 0.25) is 0 Å². The van der Waals surface area contributed by atoms with E-state index in [1.807, 2.05) is 0 Å². The zero-order valence-corrected chi connectivity index (χ0v) is 16.7. The third-order valence-corrected chi connectivity index (χ3v) is 6.47. The molecule has 29 heavy (non-hydrogen) atoms. The van der Waals surface area contributed by atoms with Crippen LogP contribution in [-0.4, -0.2) is 0 Å². The molecule has 0 fully saturated rings. The number of allylic oxidation sites excluding steroid dienone is 1. The minimum atomic E-state index is -0.569. The van der Waals surface area contributed by atoms with Gasteiger partial charge in [0.05, 0.1) is 0 Å². The number of ether oxygens (including phenoxy) is 1. The lowest BCUT2D eigenvalue weighted by Crippen LogP contribution is -2.33. The van der Waals surface area contributed by atoms with E-state index < -0.39 is 5.60 Å². The van der Waals surface area contributed by atoms with Crippen LogP contribution in [0, 0.1) is 0 Å². The Morgan fingerprint density at radius 2 is 1.48 bits per heavy atom. The van der Waals surface area contributed by atoms with Crippen LogP contribution < -0.4 is 4.74 Å². The minimum Gasteiger partial charge on any atom is -0.473 e. The number of benzene rings is 4. The molecule has 0 saturated heterocycles. The first-order valence-electron chi connectivity index (χ1n) is 10.3. The predicted molar refractivity (Wildman–Crippen MR) is 120 cm³/mol. The fourth-order valence-corrected chi connectivity index (χ4v) is 5.00. The van der Waals surface area contributed by atoms with Crippen molar-refractivity contribution in [2.75, 3.05) is 0 Å². The van der Waals surface area contributed by atoms with Crippen molar-refractivity contribution in [2.24, 2.45) is 0 Å². The van der Waals surface area contributed by atoms with Crippen LogP contribution >= 0.6 is 0 Å². The Hall–Kier alpha value is -3.32. The van der Waals surface area contributed by atoms with Gasteiger partial charge in [-0.1, -0.05) is 61.5 Å². The van der Waals surface area contributed by atoms with E-state index in [0.29, 0.717) is 0 Å². The molecular weight excluding hydrogens is 352 g/mol. The van der Waals surface area contributed by atoms with Crippen LogP contribution in [0.5, 0.6) is 5.75 Å². The highest BCUT2D eigenvalue weighted by Gasteiger charge is 2.46. The van der Waals surface area contributed by atoms with E-state index in [9.17, 15) is 0 Å². The molecule has 140 valence electrons. The average Bonchev–Trinajstić information content (AvgIpc) is 3.01. The van der Waals surface area contributed by atoms with Gasteiger partial charge >= 0.3 is 0 Å². The molecule has 4 aromatic carbocycles. The number of hydrogen-bond donors (Lipinski definition) is 0. The summed E-state index contributed by atoms with van der Waals surface area (Å²) in [5.41, 5.74) is 8.27. The standard InChI is InChI=1S/C28H22O/c1-3-19-12-13-27-23(14-19)18(2)17-28(29-27)25-11-7-6-10-22(25)24-15-20-8-4-5-9-21(20)16-26(24)28/h4-17H,3H2,1-2H3. The van der Waals surface area contributed by atoms with E-state index >= 15 is 0 Å². The maximum Gasteiger partial charge on any atom is 0.179 e. The summed E-state index contributed by atoms with van der Waals surface area (Å²) in [6.45, 7) is 4.41. The topological polar surface area (TPSA) is 9.23 Å². The minimum absolute atomic E-state index is 0.569. The van der Waals surface area contributed by atoms with Gasteiger partial charge in [-0.3, -0.25) is 0 Å². The quantitative estimate of drug-likeness (QED) is 0.344. The van der Waals surface area contributed by atoms with Gasteiger partial charge in [-0.2, -0.15) is 0 Å². The van der Waals surface area contributed by atoms with Crippen LogP contribution in [0.15, 0.2) is 84.9 Å². The summed E-state index contributed by atoms with van der Waals surface area (Å²) < 4.78 is 6.88. The fourth-order valence-electron chi connectivity index (χ4n) is 5.00. The first-order chi connectivity index (χ1) is 14.2. The molecule has 0 N–H and O–H groups in total. The van der Waals surface area contributed by atoms with E-state index in [1.54, 1.807) is 0 Å². The molecule has 0 radical (unpaired) electrons. The Bertz CT molecular complexity index is 1330. The Labute approximate surface area is 171 Å². The van der Waals surface area contributed by atoms with E-state index in [4.69, 9.17) is 4.74 Å². The summed E-state index contributed by atoms with van der Waals surface area (Å²) in [5.74, 6) is 0.970. The zero-order chi connectivity index (χ0) is 19.6. The number of hydrogen-bond acceptors (Lipinski definition) is 1. The van der Waals surface area contributed by atoms with Gasteiger partial charge in [0.25, 0.3) is 0 Å². The van der Waals surface area contributed by atoms with E-state index in [2.05, 4.69) is 98.8 Å². The van der Waals surface area contributed by atoms with Crippen LogP contribution in [0.25, 0.3) is 27.5 Å². The summed E-state index contributed by atoms with van der Waals surface area (Å²) >= 11 is 0. The lowest BCUT2D eigenvalue weighted by atomic mass is 9.84. The lowest BCUT2D eigenvalue weighted by Gasteiger charge is -2.35. The van der Waals surface area contributed by atoms with Crippen molar-refractivity contribution in [1.82, 2.24) is 0 Å². The second-order valence-corrected chi connectivity index (χ2v) is 8.14.